The lowest BCUT2D eigenvalue weighted by Gasteiger charge is -2.19. The molecule has 0 bridgehead atoms. The molecule has 0 aliphatic rings. The normalized spacial score (nSPS) is 10.9. The minimum absolute atomic E-state index is 0.105. The highest BCUT2D eigenvalue weighted by atomic mass is 16.5. The van der Waals surface area contributed by atoms with Gasteiger partial charge in [0, 0.05) is 23.6 Å². The molecular formula is C28H22N4O2. The summed E-state index contributed by atoms with van der Waals surface area (Å²) in [4.78, 5) is 22.1. The first kappa shape index (κ1) is 21.3. The first-order chi connectivity index (χ1) is 16.8. The van der Waals surface area contributed by atoms with Crippen LogP contribution in [0.4, 0.5) is 5.69 Å². The number of anilines is 1. The van der Waals surface area contributed by atoms with Crippen molar-refractivity contribution in [1.82, 2.24) is 15.1 Å². The van der Waals surface area contributed by atoms with E-state index >= 15 is 0 Å². The van der Waals surface area contributed by atoms with Gasteiger partial charge in [0.1, 0.15) is 0 Å². The number of nitrogens with zero attached hydrogens (tertiary/aromatic N) is 3. The maximum absolute atomic E-state index is 13.5. The van der Waals surface area contributed by atoms with Crippen molar-refractivity contribution in [2.45, 2.75) is 12.3 Å². The fourth-order valence-electron chi connectivity index (χ4n) is 3.89. The quantitative estimate of drug-likeness (QED) is 0.357. The fourth-order valence-corrected chi connectivity index (χ4v) is 3.89. The Hall–Kier alpha value is -4.58. The number of pyridine rings is 1. The molecule has 1 amide bonds. The third kappa shape index (κ3) is 4.76. The summed E-state index contributed by atoms with van der Waals surface area (Å²) in [6, 6.07) is 30.9. The maximum Gasteiger partial charge on any atom is 0.236 e. The molecule has 6 heteroatoms. The van der Waals surface area contributed by atoms with Crippen molar-refractivity contribution in [1.29, 1.82) is 0 Å². The van der Waals surface area contributed by atoms with E-state index in [1.165, 1.54) is 0 Å². The van der Waals surface area contributed by atoms with Crippen LogP contribution >= 0.6 is 0 Å². The van der Waals surface area contributed by atoms with Gasteiger partial charge in [0.15, 0.2) is 0 Å². The van der Waals surface area contributed by atoms with E-state index in [0.29, 0.717) is 23.8 Å². The number of carbonyl (C=O) groups is 1. The van der Waals surface area contributed by atoms with Gasteiger partial charge in [-0.05, 0) is 34.9 Å². The summed E-state index contributed by atoms with van der Waals surface area (Å²) in [7, 11) is 0. The number of benzene rings is 3. The van der Waals surface area contributed by atoms with Crippen LogP contribution in [0.25, 0.3) is 11.4 Å². The Labute approximate surface area is 197 Å². The number of rotatable bonds is 7. The second-order valence-electron chi connectivity index (χ2n) is 7.83. The zero-order valence-electron chi connectivity index (χ0n) is 18.3. The topological polar surface area (TPSA) is 80.9 Å². The predicted octanol–water partition coefficient (Wildman–Crippen LogP) is 5.49. The highest BCUT2D eigenvalue weighted by Gasteiger charge is 2.23. The first-order valence-corrected chi connectivity index (χ1v) is 11.0. The lowest BCUT2D eigenvalue weighted by atomic mass is 9.90. The minimum atomic E-state index is -0.434. The summed E-state index contributed by atoms with van der Waals surface area (Å²) in [5, 5.41) is 7.19. The van der Waals surface area contributed by atoms with E-state index in [1.807, 2.05) is 97.1 Å². The van der Waals surface area contributed by atoms with Gasteiger partial charge in [-0.2, -0.15) is 4.98 Å². The molecule has 0 aliphatic carbocycles. The Kier molecular flexibility index (Phi) is 6.21. The molecule has 1 N–H and O–H groups in total. The van der Waals surface area contributed by atoms with Crippen LogP contribution < -0.4 is 5.32 Å². The smallest absolute Gasteiger partial charge is 0.236 e. The minimum Gasteiger partial charge on any atom is -0.339 e. The molecule has 2 aromatic heterocycles. The molecule has 34 heavy (non-hydrogen) atoms. The number of hydrogen-bond donors (Lipinski definition) is 1. The SMILES string of the molecule is O=C(Nc1ccccc1Cc1nc(-c2cccnc2)no1)C(c1ccccc1)c1ccccc1. The summed E-state index contributed by atoms with van der Waals surface area (Å²) in [6.45, 7) is 0. The highest BCUT2D eigenvalue weighted by Crippen LogP contribution is 2.28. The van der Waals surface area contributed by atoms with Gasteiger partial charge in [-0.1, -0.05) is 84.0 Å². The van der Waals surface area contributed by atoms with Gasteiger partial charge in [-0.25, -0.2) is 0 Å². The van der Waals surface area contributed by atoms with Crippen LogP contribution in [0.2, 0.25) is 0 Å². The van der Waals surface area contributed by atoms with E-state index in [1.54, 1.807) is 12.4 Å². The van der Waals surface area contributed by atoms with Crippen molar-refractivity contribution in [3.63, 3.8) is 0 Å². The monoisotopic (exact) mass is 446 g/mol. The Morgan fingerprint density at radius 2 is 1.50 bits per heavy atom. The predicted molar refractivity (Wildman–Crippen MR) is 130 cm³/mol. The molecular weight excluding hydrogens is 424 g/mol. The molecule has 5 rings (SSSR count). The van der Waals surface area contributed by atoms with Gasteiger partial charge >= 0.3 is 0 Å². The molecule has 3 aromatic carbocycles. The van der Waals surface area contributed by atoms with Crippen molar-refractivity contribution in [3.05, 3.63) is 132 Å². The third-order valence-electron chi connectivity index (χ3n) is 5.53. The summed E-state index contributed by atoms with van der Waals surface area (Å²) in [5.74, 6) is 0.406. The highest BCUT2D eigenvalue weighted by molar-refractivity contribution is 5.98. The third-order valence-corrected chi connectivity index (χ3v) is 5.53. The number of amides is 1. The van der Waals surface area contributed by atoms with E-state index in [2.05, 4.69) is 20.4 Å². The molecule has 166 valence electrons. The van der Waals surface area contributed by atoms with Gasteiger partial charge in [-0.15, -0.1) is 0 Å². The second kappa shape index (κ2) is 9.92. The molecule has 0 atom stereocenters. The molecule has 0 unspecified atom stereocenters. The van der Waals surface area contributed by atoms with Gasteiger partial charge in [0.25, 0.3) is 0 Å². The Balaban J connectivity index is 1.40. The molecule has 0 spiro atoms. The average molecular weight is 447 g/mol. The number of carbonyl (C=O) groups excluding carboxylic acids is 1. The van der Waals surface area contributed by atoms with Gasteiger partial charge in [-0.3, -0.25) is 9.78 Å². The molecule has 5 aromatic rings. The summed E-state index contributed by atoms with van der Waals surface area (Å²) >= 11 is 0. The number of para-hydroxylation sites is 1. The first-order valence-electron chi connectivity index (χ1n) is 11.0. The van der Waals surface area contributed by atoms with E-state index in [-0.39, 0.29) is 5.91 Å². The summed E-state index contributed by atoms with van der Waals surface area (Å²) < 4.78 is 5.47. The van der Waals surface area contributed by atoms with Crippen LogP contribution in [-0.4, -0.2) is 21.0 Å². The van der Waals surface area contributed by atoms with Crippen LogP contribution in [0.15, 0.2) is 114 Å². The van der Waals surface area contributed by atoms with Crippen molar-refractivity contribution in [2.24, 2.45) is 0 Å². The molecule has 0 aliphatic heterocycles. The number of aromatic nitrogens is 3. The van der Waals surface area contributed by atoms with E-state index < -0.39 is 5.92 Å². The number of hydrogen-bond acceptors (Lipinski definition) is 5. The van der Waals surface area contributed by atoms with Gasteiger partial charge < -0.3 is 9.84 Å². The molecule has 0 radical (unpaired) electrons. The van der Waals surface area contributed by atoms with Crippen LogP contribution in [0.3, 0.4) is 0 Å². The lowest BCUT2D eigenvalue weighted by molar-refractivity contribution is -0.116. The van der Waals surface area contributed by atoms with E-state index in [0.717, 1.165) is 22.3 Å². The fraction of sp³-hybridized carbons (Fsp3) is 0.0714. The molecule has 0 saturated carbocycles. The lowest BCUT2D eigenvalue weighted by Crippen LogP contribution is -2.23. The van der Waals surface area contributed by atoms with E-state index in [9.17, 15) is 4.79 Å². The summed E-state index contributed by atoms with van der Waals surface area (Å²) in [5.41, 5.74) is 4.25. The van der Waals surface area contributed by atoms with E-state index in [4.69, 9.17) is 4.52 Å². The molecule has 0 saturated heterocycles. The molecule has 6 nitrogen and oxygen atoms in total. The van der Waals surface area contributed by atoms with Gasteiger partial charge in [0.05, 0.1) is 12.3 Å². The van der Waals surface area contributed by atoms with Crippen molar-refractivity contribution < 1.29 is 9.32 Å². The van der Waals surface area contributed by atoms with Gasteiger partial charge in [0.2, 0.25) is 17.6 Å². The summed E-state index contributed by atoms with van der Waals surface area (Å²) in [6.07, 6.45) is 3.78. The average Bonchev–Trinajstić information content (AvgIpc) is 3.36. The van der Waals surface area contributed by atoms with Crippen molar-refractivity contribution in [3.8, 4) is 11.4 Å². The van der Waals surface area contributed by atoms with Crippen LogP contribution in [0, 0.1) is 0 Å². The van der Waals surface area contributed by atoms with Crippen LogP contribution in [-0.2, 0) is 11.2 Å². The Morgan fingerprint density at radius 3 is 2.18 bits per heavy atom. The van der Waals surface area contributed by atoms with Crippen molar-refractivity contribution >= 4 is 11.6 Å². The van der Waals surface area contributed by atoms with Crippen LogP contribution in [0.5, 0.6) is 0 Å². The van der Waals surface area contributed by atoms with Crippen LogP contribution in [0.1, 0.15) is 28.5 Å². The molecule has 2 heterocycles. The zero-order valence-corrected chi connectivity index (χ0v) is 18.3. The molecule has 0 fully saturated rings. The standard InChI is InChI=1S/C28H22N4O2/c33-28(26(20-10-3-1-4-11-20)21-12-5-2-6-13-21)30-24-16-8-7-14-22(24)18-25-31-27(32-34-25)23-15-9-17-29-19-23/h1-17,19,26H,18H2,(H,30,33). The Morgan fingerprint density at radius 1 is 0.824 bits per heavy atom. The number of nitrogens with one attached hydrogen (secondary N) is 1. The largest absolute Gasteiger partial charge is 0.339 e. The Bertz CT molecular complexity index is 1330. The zero-order chi connectivity index (χ0) is 23.2. The maximum atomic E-state index is 13.5. The second-order valence-corrected chi connectivity index (χ2v) is 7.83. The van der Waals surface area contributed by atoms with Crippen molar-refractivity contribution in [2.75, 3.05) is 5.32 Å².